The van der Waals surface area contributed by atoms with E-state index < -0.39 is 0 Å². The number of halogens is 1. The van der Waals surface area contributed by atoms with E-state index in [0.717, 1.165) is 24.1 Å². The average molecular weight is 413 g/mol. The molecule has 144 valence electrons. The van der Waals surface area contributed by atoms with Crippen molar-refractivity contribution in [1.82, 2.24) is 9.97 Å². The van der Waals surface area contributed by atoms with Crippen LogP contribution in [-0.4, -0.2) is 15.9 Å². The van der Waals surface area contributed by atoms with Crippen LogP contribution >= 0.6 is 24.2 Å². The standard InChI is InChI=1S/C21H20N4OS.ClH/c22-19-11-14(8-10-23-19)13-27-21-18(5-2-9-24-21)20(26)25-17-7-6-15-3-1-4-16(15)12-17;/h2,5-12H,1,3-4,13H2,(H2,22,23)(H,25,26);1H. The van der Waals surface area contributed by atoms with E-state index in [9.17, 15) is 4.79 Å². The number of pyridine rings is 2. The molecule has 3 aromatic rings. The molecule has 0 spiro atoms. The van der Waals surface area contributed by atoms with Crippen LogP contribution in [0.4, 0.5) is 11.5 Å². The quantitative estimate of drug-likeness (QED) is 0.602. The molecular formula is C21H21ClN4OS. The fourth-order valence-corrected chi connectivity index (χ4v) is 4.20. The first kappa shape index (κ1) is 20.2. The zero-order chi connectivity index (χ0) is 18.6. The van der Waals surface area contributed by atoms with E-state index in [2.05, 4.69) is 27.4 Å². The summed E-state index contributed by atoms with van der Waals surface area (Å²) in [5.41, 5.74) is 10.9. The van der Waals surface area contributed by atoms with Crippen LogP contribution in [0.5, 0.6) is 0 Å². The molecule has 4 rings (SSSR count). The number of rotatable bonds is 5. The van der Waals surface area contributed by atoms with Crippen LogP contribution in [0.25, 0.3) is 0 Å². The predicted molar refractivity (Wildman–Crippen MR) is 116 cm³/mol. The summed E-state index contributed by atoms with van der Waals surface area (Å²) >= 11 is 1.51. The summed E-state index contributed by atoms with van der Waals surface area (Å²) in [5.74, 6) is 1.02. The monoisotopic (exact) mass is 412 g/mol. The first-order valence-electron chi connectivity index (χ1n) is 8.90. The van der Waals surface area contributed by atoms with Crippen molar-refractivity contribution in [3.05, 3.63) is 77.1 Å². The number of nitrogen functional groups attached to an aromatic ring is 1. The molecule has 0 fully saturated rings. The maximum atomic E-state index is 12.8. The van der Waals surface area contributed by atoms with Crippen LogP contribution in [0.1, 0.15) is 33.5 Å². The Kier molecular flexibility index (Phi) is 6.54. The molecule has 7 heteroatoms. The zero-order valence-electron chi connectivity index (χ0n) is 15.2. The molecule has 0 unspecified atom stereocenters. The Morgan fingerprint density at radius 2 is 1.93 bits per heavy atom. The summed E-state index contributed by atoms with van der Waals surface area (Å²) in [4.78, 5) is 21.2. The lowest BCUT2D eigenvalue weighted by Crippen LogP contribution is -2.13. The van der Waals surface area contributed by atoms with E-state index in [1.54, 1.807) is 24.5 Å². The normalized spacial score (nSPS) is 12.1. The maximum Gasteiger partial charge on any atom is 0.258 e. The Morgan fingerprint density at radius 3 is 2.79 bits per heavy atom. The number of benzene rings is 1. The number of amides is 1. The SMILES string of the molecule is Cl.Nc1cc(CSc2ncccc2C(=O)Nc2ccc3c(c2)CCC3)ccn1. The van der Waals surface area contributed by atoms with Gasteiger partial charge < -0.3 is 11.1 Å². The van der Waals surface area contributed by atoms with Crippen LogP contribution in [0.15, 0.2) is 59.9 Å². The molecule has 0 radical (unpaired) electrons. The summed E-state index contributed by atoms with van der Waals surface area (Å²) in [5, 5.41) is 3.71. The van der Waals surface area contributed by atoms with Gasteiger partial charge in [-0.25, -0.2) is 9.97 Å². The number of fused-ring (bicyclic) bond motifs is 1. The predicted octanol–water partition coefficient (Wildman–Crippen LogP) is 4.51. The van der Waals surface area contributed by atoms with Crippen LogP contribution in [0.3, 0.4) is 0 Å². The number of hydrogen-bond acceptors (Lipinski definition) is 5. The first-order valence-corrected chi connectivity index (χ1v) is 9.89. The Balaban J connectivity index is 0.00000225. The van der Waals surface area contributed by atoms with Crippen molar-refractivity contribution >= 4 is 41.6 Å². The van der Waals surface area contributed by atoms with Gasteiger partial charge in [-0.3, -0.25) is 4.79 Å². The Morgan fingerprint density at radius 1 is 1.07 bits per heavy atom. The van der Waals surface area contributed by atoms with E-state index in [4.69, 9.17) is 5.73 Å². The highest BCUT2D eigenvalue weighted by molar-refractivity contribution is 7.98. The third kappa shape index (κ3) is 4.64. The van der Waals surface area contributed by atoms with Gasteiger partial charge in [0.15, 0.2) is 0 Å². The molecule has 28 heavy (non-hydrogen) atoms. The second kappa shape index (κ2) is 9.08. The summed E-state index contributed by atoms with van der Waals surface area (Å²) in [6.07, 6.45) is 6.80. The van der Waals surface area contributed by atoms with E-state index in [-0.39, 0.29) is 18.3 Å². The molecule has 1 amide bonds. The van der Waals surface area contributed by atoms with Gasteiger partial charge >= 0.3 is 0 Å². The number of hydrogen-bond donors (Lipinski definition) is 2. The van der Waals surface area contributed by atoms with E-state index in [1.807, 2.05) is 18.2 Å². The smallest absolute Gasteiger partial charge is 0.258 e. The molecule has 3 N–H and O–H groups in total. The number of carbonyl (C=O) groups excluding carboxylic acids is 1. The molecule has 2 heterocycles. The molecule has 1 aliphatic carbocycles. The van der Waals surface area contributed by atoms with E-state index in [0.29, 0.717) is 22.2 Å². The summed E-state index contributed by atoms with van der Waals surface area (Å²) < 4.78 is 0. The minimum Gasteiger partial charge on any atom is -0.384 e. The maximum absolute atomic E-state index is 12.8. The minimum absolute atomic E-state index is 0. The average Bonchev–Trinajstić information content (AvgIpc) is 3.14. The molecular weight excluding hydrogens is 392 g/mol. The topological polar surface area (TPSA) is 80.9 Å². The highest BCUT2D eigenvalue weighted by Gasteiger charge is 2.15. The molecule has 1 aliphatic rings. The molecule has 0 atom stereocenters. The summed E-state index contributed by atoms with van der Waals surface area (Å²) in [6.45, 7) is 0. The van der Waals surface area contributed by atoms with Crippen molar-refractivity contribution in [2.75, 3.05) is 11.1 Å². The Hall–Kier alpha value is -2.57. The van der Waals surface area contributed by atoms with E-state index in [1.165, 1.54) is 29.3 Å². The molecule has 2 aromatic heterocycles. The second-order valence-electron chi connectivity index (χ2n) is 6.52. The molecule has 0 aliphatic heterocycles. The zero-order valence-corrected chi connectivity index (χ0v) is 16.9. The lowest BCUT2D eigenvalue weighted by Gasteiger charge is -2.10. The molecule has 1 aromatic carbocycles. The number of anilines is 2. The van der Waals surface area contributed by atoms with Gasteiger partial charge in [-0.1, -0.05) is 6.07 Å². The molecule has 0 saturated heterocycles. The molecule has 5 nitrogen and oxygen atoms in total. The fraction of sp³-hybridized carbons (Fsp3) is 0.190. The summed E-state index contributed by atoms with van der Waals surface area (Å²) in [7, 11) is 0. The Bertz CT molecular complexity index is 996. The Labute approximate surface area is 174 Å². The summed E-state index contributed by atoms with van der Waals surface area (Å²) in [6, 6.07) is 13.5. The van der Waals surface area contributed by atoms with E-state index >= 15 is 0 Å². The number of aromatic nitrogens is 2. The first-order chi connectivity index (χ1) is 13.2. The van der Waals surface area contributed by atoms with Crippen molar-refractivity contribution in [2.45, 2.75) is 30.0 Å². The number of nitrogens with one attached hydrogen (secondary N) is 1. The van der Waals surface area contributed by atoms with Crippen molar-refractivity contribution in [3.8, 4) is 0 Å². The number of carbonyl (C=O) groups is 1. The lowest BCUT2D eigenvalue weighted by molar-refractivity contribution is 0.102. The van der Waals surface area contributed by atoms with Gasteiger partial charge in [0.1, 0.15) is 10.8 Å². The van der Waals surface area contributed by atoms with Crippen molar-refractivity contribution in [2.24, 2.45) is 0 Å². The van der Waals surface area contributed by atoms with Gasteiger partial charge in [-0.05, 0) is 72.4 Å². The number of nitrogens with two attached hydrogens (primary N) is 1. The van der Waals surface area contributed by atoms with Gasteiger partial charge in [0.05, 0.1) is 5.56 Å². The van der Waals surface area contributed by atoms with Gasteiger partial charge in [0.25, 0.3) is 5.91 Å². The van der Waals surface area contributed by atoms with Gasteiger partial charge in [-0.15, -0.1) is 24.2 Å². The highest BCUT2D eigenvalue weighted by atomic mass is 35.5. The van der Waals surface area contributed by atoms with Crippen LogP contribution in [-0.2, 0) is 18.6 Å². The minimum atomic E-state index is -0.141. The van der Waals surface area contributed by atoms with Crippen molar-refractivity contribution in [3.63, 3.8) is 0 Å². The van der Waals surface area contributed by atoms with Crippen LogP contribution < -0.4 is 11.1 Å². The van der Waals surface area contributed by atoms with Crippen LogP contribution in [0, 0.1) is 0 Å². The van der Waals surface area contributed by atoms with Gasteiger partial charge in [0, 0.05) is 23.8 Å². The third-order valence-corrected chi connectivity index (χ3v) is 5.67. The van der Waals surface area contributed by atoms with Crippen molar-refractivity contribution < 1.29 is 4.79 Å². The number of aryl methyl sites for hydroxylation is 2. The second-order valence-corrected chi connectivity index (χ2v) is 7.49. The lowest BCUT2D eigenvalue weighted by atomic mass is 10.1. The van der Waals surface area contributed by atoms with Crippen LogP contribution in [0.2, 0.25) is 0 Å². The number of nitrogens with zero attached hydrogens (tertiary/aromatic N) is 2. The third-order valence-electron chi connectivity index (χ3n) is 4.59. The number of thioether (sulfide) groups is 1. The highest BCUT2D eigenvalue weighted by Crippen LogP contribution is 2.27. The van der Waals surface area contributed by atoms with Gasteiger partial charge in [0.2, 0.25) is 0 Å². The molecule has 0 saturated carbocycles. The van der Waals surface area contributed by atoms with Crippen molar-refractivity contribution in [1.29, 1.82) is 0 Å². The fourth-order valence-electron chi connectivity index (χ4n) is 3.26. The largest absolute Gasteiger partial charge is 0.384 e. The molecule has 0 bridgehead atoms. The van der Waals surface area contributed by atoms with Gasteiger partial charge in [-0.2, -0.15) is 0 Å².